The third-order valence-corrected chi connectivity index (χ3v) is 4.17. The number of nitrogens with two attached hydrogens (primary N) is 1. The molecule has 30 heavy (non-hydrogen) atoms. The number of aromatic nitrogens is 3. The number of nitrogens with one attached hydrogen (secondary N) is 1. The van der Waals surface area contributed by atoms with Crippen LogP contribution in [0.5, 0.6) is 5.75 Å². The van der Waals surface area contributed by atoms with Crippen LogP contribution in [0.3, 0.4) is 0 Å². The van der Waals surface area contributed by atoms with Crippen LogP contribution in [-0.2, 0) is 6.42 Å². The number of unbranched alkanes of at least 4 members (excludes halogenated alkanes) is 1. The van der Waals surface area contributed by atoms with Gasteiger partial charge in [0.1, 0.15) is 17.9 Å². The number of ether oxygens (including phenoxy) is 1. The first-order valence-corrected chi connectivity index (χ1v) is 9.02. The van der Waals surface area contributed by atoms with Gasteiger partial charge in [0, 0.05) is 17.3 Å². The van der Waals surface area contributed by atoms with Crippen molar-refractivity contribution in [2.24, 2.45) is 5.73 Å². The lowest BCUT2D eigenvalue weighted by Crippen LogP contribution is -2.18. The zero-order chi connectivity index (χ0) is 21.9. The number of carbonyl (C=O) groups excluding carboxylic acids is 2. The average molecular weight is 421 g/mol. The molecule has 2 heterocycles. The molecule has 0 saturated heterocycles. The van der Waals surface area contributed by atoms with Crippen molar-refractivity contribution in [3.63, 3.8) is 0 Å². The molecule has 8 nitrogen and oxygen atoms in total. The summed E-state index contributed by atoms with van der Waals surface area (Å²) in [5.41, 5.74) is 6.27. The number of nitrogens with zero attached hydrogens (tertiary/aromatic N) is 3. The number of primary amides is 1. The van der Waals surface area contributed by atoms with E-state index in [1.807, 2.05) is 6.92 Å². The smallest absolute Gasteiger partial charge is 0.406 e. The molecule has 0 fully saturated rings. The molecule has 0 bridgehead atoms. The van der Waals surface area contributed by atoms with E-state index in [4.69, 9.17) is 5.73 Å². The number of hydrogen-bond donors (Lipinski definition) is 2. The van der Waals surface area contributed by atoms with Crippen molar-refractivity contribution in [3.8, 4) is 5.75 Å². The molecular formula is C19H18F3N5O3. The Morgan fingerprint density at radius 3 is 2.53 bits per heavy atom. The SMILES string of the molecule is CCCCc1cc(NC(=O)c2ccc(OC(F)(F)F)cc2)n2cnc(C(N)=O)c2n1. The highest BCUT2D eigenvalue weighted by Gasteiger charge is 2.31. The number of alkyl halides is 3. The number of carbonyl (C=O) groups is 2. The maximum atomic E-state index is 12.6. The summed E-state index contributed by atoms with van der Waals surface area (Å²) in [6.45, 7) is 2.01. The molecule has 0 radical (unpaired) electrons. The highest BCUT2D eigenvalue weighted by Crippen LogP contribution is 2.23. The minimum Gasteiger partial charge on any atom is -0.406 e. The number of amides is 2. The van der Waals surface area contributed by atoms with Crippen LogP contribution in [0.25, 0.3) is 5.65 Å². The number of halogens is 3. The molecule has 2 amide bonds. The van der Waals surface area contributed by atoms with Crippen LogP contribution in [0.1, 0.15) is 46.3 Å². The quantitative estimate of drug-likeness (QED) is 0.608. The second-order valence-corrected chi connectivity index (χ2v) is 6.41. The van der Waals surface area contributed by atoms with Gasteiger partial charge in [-0.15, -0.1) is 13.2 Å². The summed E-state index contributed by atoms with van der Waals surface area (Å²) in [5, 5.41) is 2.67. The minimum atomic E-state index is -4.82. The first-order valence-electron chi connectivity index (χ1n) is 9.02. The van der Waals surface area contributed by atoms with Crippen molar-refractivity contribution in [1.82, 2.24) is 14.4 Å². The van der Waals surface area contributed by atoms with E-state index in [0.717, 1.165) is 25.0 Å². The highest BCUT2D eigenvalue weighted by atomic mass is 19.4. The fourth-order valence-corrected chi connectivity index (χ4v) is 2.77. The predicted molar refractivity (Wildman–Crippen MR) is 101 cm³/mol. The molecule has 0 spiro atoms. The van der Waals surface area contributed by atoms with Crippen LogP contribution in [0, 0.1) is 0 Å². The average Bonchev–Trinajstić information content (AvgIpc) is 3.10. The molecule has 11 heteroatoms. The lowest BCUT2D eigenvalue weighted by molar-refractivity contribution is -0.274. The lowest BCUT2D eigenvalue weighted by Gasteiger charge is -2.11. The Kier molecular flexibility index (Phi) is 5.90. The van der Waals surface area contributed by atoms with Crippen LogP contribution in [0.15, 0.2) is 36.7 Å². The number of aryl methyl sites for hydroxylation is 1. The summed E-state index contributed by atoms with van der Waals surface area (Å²) >= 11 is 0. The highest BCUT2D eigenvalue weighted by molar-refractivity contribution is 6.04. The van der Waals surface area contributed by atoms with Gasteiger partial charge < -0.3 is 15.8 Å². The molecule has 0 unspecified atom stereocenters. The molecule has 0 aliphatic carbocycles. The molecule has 1 aromatic carbocycles. The van der Waals surface area contributed by atoms with Crippen LogP contribution in [0.4, 0.5) is 19.0 Å². The van der Waals surface area contributed by atoms with Gasteiger partial charge in [0.2, 0.25) is 0 Å². The first kappa shape index (κ1) is 21.1. The normalized spacial score (nSPS) is 11.5. The Morgan fingerprint density at radius 1 is 1.23 bits per heavy atom. The van der Waals surface area contributed by atoms with E-state index in [-0.39, 0.29) is 16.9 Å². The Bertz CT molecular complexity index is 1080. The van der Waals surface area contributed by atoms with Gasteiger partial charge in [-0.3, -0.25) is 14.0 Å². The second kappa shape index (κ2) is 8.39. The molecule has 0 atom stereocenters. The van der Waals surface area contributed by atoms with E-state index in [1.54, 1.807) is 6.07 Å². The van der Waals surface area contributed by atoms with Gasteiger partial charge in [0.05, 0.1) is 0 Å². The summed E-state index contributed by atoms with van der Waals surface area (Å²) in [5.74, 6) is -1.47. The van der Waals surface area contributed by atoms with Gasteiger partial charge in [-0.05, 0) is 37.1 Å². The monoisotopic (exact) mass is 421 g/mol. The largest absolute Gasteiger partial charge is 0.573 e. The molecule has 2 aromatic heterocycles. The Labute approximate surface area is 168 Å². The molecule has 3 rings (SSSR count). The minimum absolute atomic E-state index is 0.0301. The maximum Gasteiger partial charge on any atom is 0.573 e. The van der Waals surface area contributed by atoms with Gasteiger partial charge in [0.25, 0.3) is 11.8 Å². The summed E-state index contributed by atoms with van der Waals surface area (Å²) in [6.07, 6.45) is -1.13. The Hall–Kier alpha value is -3.63. The second-order valence-electron chi connectivity index (χ2n) is 6.41. The third kappa shape index (κ3) is 4.85. The number of rotatable bonds is 7. The van der Waals surface area contributed by atoms with E-state index < -0.39 is 23.9 Å². The third-order valence-electron chi connectivity index (χ3n) is 4.17. The van der Waals surface area contributed by atoms with Crippen molar-refractivity contribution in [3.05, 3.63) is 53.6 Å². The number of benzene rings is 1. The first-order chi connectivity index (χ1) is 14.2. The molecule has 3 N–H and O–H groups in total. The molecule has 0 aliphatic heterocycles. The van der Waals surface area contributed by atoms with Crippen LogP contribution >= 0.6 is 0 Å². The van der Waals surface area contributed by atoms with E-state index >= 15 is 0 Å². The summed E-state index contributed by atoms with van der Waals surface area (Å²) in [6, 6.07) is 6.14. The lowest BCUT2D eigenvalue weighted by atomic mass is 10.2. The molecule has 3 aromatic rings. The standard InChI is InChI=1S/C19H18F3N5O3/c1-2-3-4-12-9-14(27-10-24-15(16(23)28)17(27)25-12)26-18(29)11-5-7-13(8-6-11)30-19(20,21)22/h5-10H,2-4H2,1H3,(H2,23,28)(H,26,29). The van der Waals surface area contributed by atoms with Crippen LogP contribution in [-0.4, -0.2) is 32.5 Å². The van der Waals surface area contributed by atoms with Gasteiger partial charge in [0.15, 0.2) is 11.3 Å². The zero-order valence-corrected chi connectivity index (χ0v) is 15.9. The molecule has 0 saturated carbocycles. The van der Waals surface area contributed by atoms with E-state index in [0.29, 0.717) is 17.9 Å². The summed E-state index contributed by atoms with van der Waals surface area (Å²) in [7, 11) is 0. The maximum absolute atomic E-state index is 12.6. The number of fused-ring (bicyclic) bond motifs is 1. The summed E-state index contributed by atoms with van der Waals surface area (Å²) in [4.78, 5) is 32.6. The Morgan fingerprint density at radius 2 is 1.93 bits per heavy atom. The fraction of sp³-hybridized carbons (Fsp3) is 0.263. The van der Waals surface area contributed by atoms with Gasteiger partial charge in [-0.25, -0.2) is 9.97 Å². The fourth-order valence-electron chi connectivity index (χ4n) is 2.77. The van der Waals surface area contributed by atoms with Crippen LogP contribution < -0.4 is 15.8 Å². The molecule has 0 aliphatic rings. The van der Waals surface area contributed by atoms with Crippen molar-refractivity contribution >= 4 is 23.3 Å². The van der Waals surface area contributed by atoms with E-state index in [2.05, 4.69) is 20.0 Å². The number of imidazole rings is 1. The number of anilines is 1. The Balaban J connectivity index is 1.90. The molecule has 158 valence electrons. The van der Waals surface area contributed by atoms with Crippen molar-refractivity contribution in [2.75, 3.05) is 5.32 Å². The van der Waals surface area contributed by atoms with Gasteiger partial charge in [-0.1, -0.05) is 13.3 Å². The predicted octanol–water partition coefficient (Wildman–Crippen LogP) is 3.32. The topological polar surface area (TPSA) is 112 Å². The van der Waals surface area contributed by atoms with E-state index in [1.165, 1.54) is 22.9 Å². The van der Waals surface area contributed by atoms with Gasteiger partial charge >= 0.3 is 6.36 Å². The van der Waals surface area contributed by atoms with E-state index in [9.17, 15) is 22.8 Å². The van der Waals surface area contributed by atoms with Crippen molar-refractivity contribution < 1.29 is 27.5 Å². The van der Waals surface area contributed by atoms with Crippen molar-refractivity contribution in [2.45, 2.75) is 32.5 Å². The van der Waals surface area contributed by atoms with Crippen molar-refractivity contribution in [1.29, 1.82) is 0 Å². The summed E-state index contributed by atoms with van der Waals surface area (Å²) < 4.78 is 42.0. The van der Waals surface area contributed by atoms with Gasteiger partial charge in [-0.2, -0.15) is 0 Å². The molecular weight excluding hydrogens is 403 g/mol. The zero-order valence-electron chi connectivity index (χ0n) is 15.9. The number of hydrogen-bond acceptors (Lipinski definition) is 5. The van der Waals surface area contributed by atoms with Crippen LogP contribution in [0.2, 0.25) is 0 Å².